The largest absolute Gasteiger partial charge is 0.480 e. The van der Waals surface area contributed by atoms with Crippen molar-refractivity contribution in [1.29, 1.82) is 0 Å². The maximum atomic E-state index is 11.0. The monoisotopic (exact) mass is 250 g/mol. The van der Waals surface area contributed by atoms with E-state index in [-0.39, 0.29) is 0 Å². The standard InChI is InChI=1S/C11H23ClN2O2/c1-2-3-6-9-14(12)10(11(15)16)7-4-5-8-13/h10H,2-9,13H2,1H3,(H,15,16). The van der Waals surface area contributed by atoms with Crippen LogP contribution >= 0.6 is 11.8 Å². The summed E-state index contributed by atoms with van der Waals surface area (Å²) in [5.41, 5.74) is 5.37. The minimum atomic E-state index is -0.844. The lowest BCUT2D eigenvalue weighted by Crippen LogP contribution is -2.35. The van der Waals surface area contributed by atoms with Crippen LogP contribution in [-0.4, -0.2) is 34.6 Å². The van der Waals surface area contributed by atoms with Crippen LogP contribution in [0.4, 0.5) is 0 Å². The van der Waals surface area contributed by atoms with Gasteiger partial charge in [-0.3, -0.25) is 4.79 Å². The molecule has 0 heterocycles. The summed E-state index contributed by atoms with van der Waals surface area (Å²) in [4.78, 5) is 11.0. The molecule has 0 bridgehead atoms. The lowest BCUT2D eigenvalue weighted by atomic mass is 10.1. The van der Waals surface area contributed by atoms with Crippen LogP contribution in [-0.2, 0) is 4.79 Å². The van der Waals surface area contributed by atoms with Gasteiger partial charge in [0.05, 0.1) is 0 Å². The highest BCUT2D eigenvalue weighted by atomic mass is 35.5. The molecule has 0 aliphatic carbocycles. The van der Waals surface area contributed by atoms with Crippen molar-refractivity contribution in [1.82, 2.24) is 4.42 Å². The SMILES string of the molecule is CCCCCN(Cl)C(CCCCN)C(=O)O. The number of nitrogens with zero attached hydrogens (tertiary/aromatic N) is 1. The molecule has 0 saturated carbocycles. The molecule has 0 radical (unpaired) electrons. The molecule has 0 rings (SSSR count). The van der Waals surface area contributed by atoms with Crippen molar-refractivity contribution in [3.63, 3.8) is 0 Å². The third-order valence-corrected chi connectivity index (χ3v) is 2.93. The van der Waals surface area contributed by atoms with Gasteiger partial charge in [-0.2, -0.15) is 0 Å². The van der Waals surface area contributed by atoms with Gasteiger partial charge in [0.15, 0.2) is 0 Å². The van der Waals surface area contributed by atoms with E-state index in [2.05, 4.69) is 6.92 Å². The van der Waals surface area contributed by atoms with Gasteiger partial charge in [0.25, 0.3) is 0 Å². The summed E-state index contributed by atoms with van der Waals surface area (Å²) >= 11 is 5.98. The molecule has 3 N–H and O–H groups in total. The Hall–Kier alpha value is -0.320. The zero-order valence-corrected chi connectivity index (χ0v) is 10.7. The van der Waals surface area contributed by atoms with Crippen molar-refractivity contribution in [2.45, 2.75) is 51.5 Å². The number of aliphatic carboxylic acids is 1. The minimum Gasteiger partial charge on any atom is -0.480 e. The molecule has 0 saturated heterocycles. The van der Waals surface area contributed by atoms with Crippen LogP contribution in [0.5, 0.6) is 0 Å². The van der Waals surface area contributed by atoms with Crippen LogP contribution in [0.15, 0.2) is 0 Å². The van der Waals surface area contributed by atoms with Crippen molar-refractivity contribution in [3.8, 4) is 0 Å². The third-order valence-electron chi connectivity index (χ3n) is 2.53. The van der Waals surface area contributed by atoms with E-state index in [4.69, 9.17) is 22.6 Å². The van der Waals surface area contributed by atoms with Gasteiger partial charge in [0, 0.05) is 6.54 Å². The average Bonchev–Trinajstić information content (AvgIpc) is 2.24. The van der Waals surface area contributed by atoms with Crippen molar-refractivity contribution >= 4 is 17.7 Å². The molecule has 0 aromatic heterocycles. The maximum Gasteiger partial charge on any atom is 0.322 e. The summed E-state index contributed by atoms with van der Waals surface area (Å²) in [5, 5.41) is 9.04. The first-order valence-electron chi connectivity index (χ1n) is 5.98. The topological polar surface area (TPSA) is 66.6 Å². The first-order valence-corrected chi connectivity index (χ1v) is 6.32. The highest BCUT2D eigenvalue weighted by molar-refractivity contribution is 6.14. The van der Waals surface area contributed by atoms with Crippen molar-refractivity contribution in [2.75, 3.05) is 13.1 Å². The number of hydrogen-bond donors (Lipinski definition) is 2. The van der Waals surface area contributed by atoms with Crippen molar-refractivity contribution < 1.29 is 9.90 Å². The van der Waals surface area contributed by atoms with Crippen molar-refractivity contribution in [2.24, 2.45) is 5.73 Å². The Kier molecular flexibility index (Phi) is 9.68. The zero-order valence-electron chi connectivity index (χ0n) is 9.99. The third kappa shape index (κ3) is 7.04. The van der Waals surface area contributed by atoms with E-state index in [1.54, 1.807) is 0 Å². The fourth-order valence-corrected chi connectivity index (χ4v) is 1.83. The fraction of sp³-hybridized carbons (Fsp3) is 0.909. The molecule has 96 valence electrons. The van der Waals surface area contributed by atoms with Gasteiger partial charge < -0.3 is 10.8 Å². The number of rotatable bonds is 10. The van der Waals surface area contributed by atoms with Gasteiger partial charge in [-0.05, 0) is 44.0 Å². The second kappa shape index (κ2) is 9.87. The van der Waals surface area contributed by atoms with E-state index >= 15 is 0 Å². The highest BCUT2D eigenvalue weighted by Gasteiger charge is 2.23. The Morgan fingerprint density at radius 2 is 2.06 bits per heavy atom. The Bertz CT molecular complexity index is 191. The Labute approximate surface area is 103 Å². The molecule has 0 aromatic carbocycles. The molecule has 5 heteroatoms. The normalized spacial score (nSPS) is 13.0. The number of carbonyl (C=O) groups is 1. The van der Waals surface area contributed by atoms with Crippen LogP contribution < -0.4 is 5.73 Å². The number of hydrogen-bond acceptors (Lipinski definition) is 3. The molecule has 1 atom stereocenters. The molecule has 0 aliphatic heterocycles. The van der Waals surface area contributed by atoms with E-state index in [1.807, 2.05) is 0 Å². The molecule has 0 fully saturated rings. The first kappa shape index (κ1) is 15.7. The van der Waals surface area contributed by atoms with Crippen LogP contribution in [0.2, 0.25) is 0 Å². The summed E-state index contributed by atoms with van der Waals surface area (Å²) in [6.07, 6.45) is 5.37. The van der Waals surface area contributed by atoms with E-state index in [0.717, 1.165) is 32.1 Å². The summed E-state index contributed by atoms with van der Waals surface area (Å²) in [6, 6.07) is -0.579. The summed E-state index contributed by atoms with van der Waals surface area (Å²) < 4.78 is 1.43. The lowest BCUT2D eigenvalue weighted by Gasteiger charge is -2.21. The minimum absolute atomic E-state index is 0.572. The van der Waals surface area contributed by atoms with E-state index in [0.29, 0.717) is 19.5 Å². The average molecular weight is 251 g/mol. The van der Waals surface area contributed by atoms with Gasteiger partial charge in [0.1, 0.15) is 6.04 Å². The molecule has 0 amide bonds. The molecule has 0 aliphatic rings. The predicted octanol–water partition coefficient (Wildman–Crippen LogP) is 2.21. The molecular weight excluding hydrogens is 228 g/mol. The molecular formula is C11H23ClN2O2. The Balaban J connectivity index is 3.93. The van der Waals surface area contributed by atoms with E-state index in [9.17, 15) is 4.79 Å². The highest BCUT2D eigenvalue weighted by Crippen LogP contribution is 2.13. The summed E-state index contributed by atoms with van der Waals surface area (Å²) in [6.45, 7) is 3.34. The molecule has 16 heavy (non-hydrogen) atoms. The number of unbranched alkanes of at least 4 members (excludes halogenated alkanes) is 3. The number of carboxylic acids is 1. The van der Waals surface area contributed by atoms with Crippen LogP contribution in [0.3, 0.4) is 0 Å². The van der Waals surface area contributed by atoms with Gasteiger partial charge in [-0.25, -0.2) is 4.42 Å². The Morgan fingerprint density at radius 1 is 1.38 bits per heavy atom. The van der Waals surface area contributed by atoms with Gasteiger partial charge in [0.2, 0.25) is 0 Å². The second-order valence-corrected chi connectivity index (χ2v) is 4.40. The molecule has 0 aromatic rings. The number of halogens is 1. The first-order chi connectivity index (χ1) is 7.63. The zero-order chi connectivity index (χ0) is 12.4. The number of carboxylic acid groups (broad SMARTS) is 1. The van der Waals surface area contributed by atoms with Crippen LogP contribution in [0, 0.1) is 0 Å². The van der Waals surface area contributed by atoms with Gasteiger partial charge in [-0.15, -0.1) is 0 Å². The smallest absolute Gasteiger partial charge is 0.322 e. The van der Waals surface area contributed by atoms with E-state index in [1.165, 1.54) is 4.42 Å². The maximum absolute atomic E-state index is 11.0. The predicted molar refractivity (Wildman–Crippen MR) is 66.4 cm³/mol. The van der Waals surface area contributed by atoms with Crippen LogP contribution in [0.25, 0.3) is 0 Å². The molecule has 4 nitrogen and oxygen atoms in total. The van der Waals surface area contributed by atoms with E-state index < -0.39 is 12.0 Å². The molecule has 0 spiro atoms. The van der Waals surface area contributed by atoms with Crippen molar-refractivity contribution in [3.05, 3.63) is 0 Å². The quantitative estimate of drug-likeness (QED) is 0.461. The summed E-state index contributed by atoms with van der Waals surface area (Å²) in [5.74, 6) is -0.844. The van der Waals surface area contributed by atoms with Crippen LogP contribution in [0.1, 0.15) is 45.4 Å². The van der Waals surface area contributed by atoms with Gasteiger partial charge in [-0.1, -0.05) is 19.8 Å². The van der Waals surface area contributed by atoms with Gasteiger partial charge >= 0.3 is 5.97 Å². The summed E-state index contributed by atoms with van der Waals surface area (Å²) in [7, 11) is 0. The molecule has 1 unspecified atom stereocenters. The second-order valence-electron chi connectivity index (χ2n) is 3.97. The fourth-order valence-electron chi connectivity index (χ4n) is 1.53. The Morgan fingerprint density at radius 3 is 2.56 bits per heavy atom. The number of nitrogens with two attached hydrogens (primary N) is 1. The lowest BCUT2D eigenvalue weighted by molar-refractivity contribution is -0.141.